The maximum absolute atomic E-state index is 12.3. The number of ether oxygens (including phenoxy) is 3. The third kappa shape index (κ3) is 7.21. The van der Waals surface area contributed by atoms with Gasteiger partial charge in [-0.05, 0) is 36.8 Å². The van der Waals surface area contributed by atoms with Gasteiger partial charge in [-0.15, -0.1) is 0 Å². The van der Waals surface area contributed by atoms with Gasteiger partial charge in [-0.2, -0.15) is 8.78 Å². The second-order valence-electron chi connectivity index (χ2n) is 8.69. The number of halogens is 2. The Balaban J connectivity index is 1.35. The number of hydrogen-bond acceptors (Lipinski definition) is 3. The molecular weight excluding hydrogens is 374 g/mol. The Kier molecular flexibility index (Phi) is 9.19. The highest BCUT2D eigenvalue weighted by molar-refractivity contribution is 5.28. The van der Waals surface area contributed by atoms with E-state index in [2.05, 4.69) is 11.7 Å². The zero-order valence-electron chi connectivity index (χ0n) is 17.7. The summed E-state index contributed by atoms with van der Waals surface area (Å²) in [6, 6.07) is 6.52. The van der Waals surface area contributed by atoms with Gasteiger partial charge < -0.3 is 14.2 Å². The van der Waals surface area contributed by atoms with Crippen molar-refractivity contribution in [3.05, 3.63) is 29.8 Å². The zero-order chi connectivity index (χ0) is 20.5. The maximum atomic E-state index is 12.3. The number of rotatable bonds is 10. The van der Waals surface area contributed by atoms with Crippen molar-refractivity contribution in [3.63, 3.8) is 0 Å². The van der Waals surface area contributed by atoms with Crippen LogP contribution in [0.15, 0.2) is 24.3 Å². The van der Waals surface area contributed by atoms with E-state index in [9.17, 15) is 8.78 Å². The van der Waals surface area contributed by atoms with Crippen molar-refractivity contribution in [1.29, 1.82) is 0 Å². The Labute approximate surface area is 174 Å². The zero-order valence-corrected chi connectivity index (χ0v) is 17.7. The monoisotopic (exact) mass is 410 g/mol. The molecule has 0 bridgehead atoms. The van der Waals surface area contributed by atoms with Gasteiger partial charge in [-0.1, -0.05) is 70.4 Å². The molecular formula is C24H36F2O3. The van der Waals surface area contributed by atoms with Crippen molar-refractivity contribution in [2.45, 2.75) is 84.0 Å². The number of benzene rings is 1. The number of hydrogen-bond donors (Lipinski definition) is 0. The molecule has 1 saturated heterocycles. The van der Waals surface area contributed by atoms with Crippen molar-refractivity contribution >= 4 is 0 Å². The largest absolute Gasteiger partial charge is 0.435 e. The first-order valence-electron chi connectivity index (χ1n) is 11.4. The van der Waals surface area contributed by atoms with Crippen molar-refractivity contribution in [2.24, 2.45) is 17.8 Å². The molecule has 1 aromatic rings. The summed E-state index contributed by atoms with van der Waals surface area (Å²) in [7, 11) is 0. The molecule has 0 unspecified atom stereocenters. The van der Waals surface area contributed by atoms with Gasteiger partial charge in [-0.3, -0.25) is 0 Å². The van der Waals surface area contributed by atoms with Crippen molar-refractivity contribution in [2.75, 3.05) is 13.2 Å². The number of unbranched alkanes of at least 4 members (excludes halogenated alkanes) is 4. The lowest BCUT2D eigenvalue weighted by atomic mass is 9.74. The highest BCUT2D eigenvalue weighted by atomic mass is 19.3. The SMILES string of the molecule is CCCCCCCC1CCC(C2COC(c3ccc(OC(F)F)cc3)OC2)CC1. The van der Waals surface area contributed by atoms with Crippen LogP contribution < -0.4 is 4.74 Å². The van der Waals surface area contributed by atoms with Crippen LogP contribution in [0.5, 0.6) is 5.75 Å². The molecule has 0 atom stereocenters. The smallest absolute Gasteiger partial charge is 0.387 e. The minimum atomic E-state index is -2.81. The van der Waals surface area contributed by atoms with Crippen LogP contribution in [0.3, 0.4) is 0 Å². The summed E-state index contributed by atoms with van der Waals surface area (Å²) in [5.74, 6) is 2.24. The highest BCUT2D eigenvalue weighted by Crippen LogP contribution is 2.39. The van der Waals surface area contributed by atoms with Crippen LogP contribution in [0.2, 0.25) is 0 Å². The Morgan fingerprint density at radius 1 is 0.897 bits per heavy atom. The molecule has 0 N–H and O–H groups in total. The predicted molar refractivity (Wildman–Crippen MR) is 110 cm³/mol. The summed E-state index contributed by atoms with van der Waals surface area (Å²) in [4.78, 5) is 0. The van der Waals surface area contributed by atoms with Gasteiger partial charge in [0, 0.05) is 11.5 Å². The highest BCUT2D eigenvalue weighted by Gasteiger charge is 2.32. The average molecular weight is 411 g/mol. The molecule has 5 heteroatoms. The summed E-state index contributed by atoms with van der Waals surface area (Å²) < 4.78 is 40.8. The Morgan fingerprint density at radius 2 is 1.55 bits per heavy atom. The lowest BCUT2D eigenvalue weighted by Gasteiger charge is -2.38. The van der Waals surface area contributed by atoms with Gasteiger partial charge >= 0.3 is 6.61 Å². The molecule has 0 radical (unpaired) electrons. The molecule has 29 heavy (non-hydrogen) atoms. The maximum Gasteiger partial charge on any atom is 0.387 e. The summed E-state index contributed by atoms with van der Waals surface area (Å²) in [6.45, 7) is 0.891. The molecule has 0 aromatic heterocycles. The molecule has 1 aliphatic heterocycles. The van der Waals surface area contributed by atoms with Crippen LogP contribution in [0, 0.1) is 17.8 Å². The first-order valence-corrected chi connectivity index (χ1v) is 11.4. The van der Waals surface area contributed by atoms with E-state index in [4.69, 9.17) is 9.47 Å². The lowest BCUT2D eigenvalue weighted by molar-refractivity contribution is -0.214. The minimum absolute atomic E-state index is 0.152. The second kappa shape index (κ2) is 11.8. The third-order valence-electron chi connectivity index (χ3n) is 6.57. The fraction of sp³-hybridized carbons (Fsp3) is 0.750. The average Bonchev–Trinajstić information content (AvgIpc) is 2.74. The molecule has 164 valence electrons. The van der Waals surface area contributed by atoms with Crippen LogP contribution in [-0.2, 0) is 9.47 Å². The molecule has 1 aliphatic carbocycles. The van der Waals surface area contributed by atoms with E-state index in [1.807, 2.05) is 0 Å². The lowest BCUT2D eigenvalue weighted by Crippen LogP contribution is -2.34. The van der Waals surface area contributed by atoms with Gasteiger partial charge in [0.1, 0.15) is 5.75 Å². The van der Waals surface area contributed by atoms with E-state index in [0.29, 0.717) is 25.0 Å². The van der Waals surface area contributed by atoms with E-state index in [-0.39, 0.29) is 5.75 Å². The molecule has 1 heterocycles. The van der Waals surface area contributed by atoms with Crippen molar-refractivity contribution in [3.8, 4) is 5.75 Å². The van der Waals surface area contributed by atoms with Crippen molar-refractivity contribution < 1.29 is 23.0 Å². The fourth-order valence-corrected chi connectivity index (χ4v) is 4.77. The topological polar surface area (TPSA) is 27.7 Å². The van der Waals surface area contributed by atoms with Gasteiger partial charge in [0.15, 0.2) is 6.29 Å². The first-order chi connectivity index (χ1) is 14.2. The molecule has 3 nitrogen and oxygen atoms in total. The van der Waals surface area contributed by atoms with Crippen LogP contribution in [0.25, 0.3) is 0 Å². The van der Waals surface area contributed by atoms with E-state index >= 15 is 0 Å². The molecule has 0 amide bonds. The van der Waals surface area contributed by atoms with Crippen LogP contribution in [0.1, 0.15) is 83.0 Å². The Morgan fingerprint density at radius 3 is 2.17 bits per heavy atom. The van der Waals surface area contributed by atoms with Crippen LogP contribution >= 0.6 is 0 Å². The van der Waals surface area contributed by atoms with Crippen LogP contribution in [-0.4, -0.2) is 19.8 Å². The summed E-state index contributed by atoms with van der Waals surface area (Å²) >= 11 is 0. The molecule has 0 spiro atoms. The quantitative estimate of drug-likeness (QED) is 0.384. The Hall–Kier alpha value is -1.20. The molecule has 2 aliphatic rings. The van der Waals surface area contributed by atoms with Crippen molar-refractivity contribution in [1.82, 2.24) is 0 Å². The molecule has 1 aromatic carbocycles. The fourth-order valence-electron chi connectivity index (χ4n) is 4.77. The van der Waals surface area contributed by atoms with Gasteiger partial charge in [0.05, 0.1) is 13.2 Å². The Bertz CT molecular complexity index is 562. The summed E-state index contributed by atoms with van der Waals surface area (Å²) in [5.41, 5.74) is 0.844. The minimum Gasteiger partial charge on any atom is -0.435 e. The second-order valence-corrected chi connectivity index (χ2v) is 8.69. The van der Waals surface area contributed by atoms with E-state index < -0.39 is 12.9 Å². The van der Waals surface area contributed by atoms with Crippen LogP contribution in [0.4, 0.5) is 8.78 Å². The van der Waals surface area contributed by atoms with Gasteiger partial charge in [0.25, 0.3) is 0 Å². The van der Waals surface area contributed by atoms with Gasteiger partial charge in [0.2, 0.25) is 0 Å². The first kappa shape index (κ1) is 22.5. The van der Waals surface area contributed by atoms with Gasteiger partial charge in [-0.25, -0.2) is 0 Å². The normalized spacial score (nSPS) is 27.9. The molecule has 2 fully saturated rings. The van der Waals surface area contributed by atoms with E-state index in [1.165, 1.54) is 76.3 Å². The standard InChI is InChI=1S/C24H36F2O3/c1-2-3-4-5-6-7-18-8-10-19(11-9-18)21-16-27-23(28-17-21)20-12-14-22(15-13-20)29-24(25)26/h12-15,18-19,21,23-24H,2-11,16-17H2,1H3. The third-order valence-corrected chi connectivity index (χ3v) is 6.57. The summed E-state index contributed by atoms with van der Waals surface area (Å²) in [6.07, 6.45) is 13.2. The summed E-state index contributed by atoms with van der Waals surface area (Å²) in [5, 5.41) is 0. The number of alkyl halides is 2. The molecule has 3 rings (SSSR count). The molecule has 1 saturated carbocycles. The van der Waals surface area contributed by atoms with E-state index in [1.54, 1.807) is 12.1 Å². The van der Waals surface area contributed by atoms with E-state index in [0.717, 1.165) is 11.5 Å². The predicted octanol–water partition coefficient (Wildman–Crippen LogP) is 7.12.